The third-order valence-electron chi connectivity index (χ3n) is 5.16. The van der Waals surface area contributed by atoms with E-state index in [0.29, 0.717) is 9.65 Å². The molecule has 0 bridgehead atoms. The molecular formula is C15H21Br2Cl. The number of halogens is 3. The molecule has 2 aliphatic rings. The highest BCUT2D eigenvalue weighted by molar-refractivity contribution is 9.09. The SMILES string of the molecule is CC1=CC[C@@]2(CC1Br)C(C)=CC(Cl)C(Br)C2(C)C. The molecule has 2 aliphatic carbocycles. The highest BCUT2D eigenvalue weighted by Crippen LogP contribution is 2.61. The molecule has 0 saturated carbocycles. The van der Waals surface area contributed by atoms with Crippen LogP contribution in [0.4, 0.5) is 0 Å². The predicted octanol–water partition coefficient (Wildman–Crippen LogP) is 5.83. The van der Waals surface area contributed by atoms with Crippen LogP contribution < -0.4 is 0 Å². The van der Waals surface area contributed by atoms with E-state index in [9.17, 15) is 0 Å². The van der Waals surface area contributed by atoms with Crippen LogP contribution in [0, 0.1) is 10.8 Å². The first-order valence-electron chi connectivity index (χ1n) is 6.50. The Morgan fingerprint density at radius 3 is 2.44 bits per heavy atom. The summed E-state index contributed by atoms with van der Waals surface area (Å²) in [5, 5.41) is 0.0893. The molecule has 2 rings (SSSR count). The van der Waals surface area contributed by atoms with Crippen molar-refractivity contribution in [1.29, 1.82) is 0 Å². The third-order valence-corrected chi connectivity index (χ3v) is 8.60. The van der Waals surface area contributed by atoms with Crippen molar-refractivity contribution >= 4 is 43.5 Å². The first-order chi connectivity index (χ1) is 8.22. The van der Waals surface area contributed by atoms with E-state index in [-0.39, 0.29) is 16.2 Å². The van der Waals surface area contributed by atoms with Gasteiger partial charge in [-0.1, -0.05) is 69.0 Å². The van der Waals surface area contributed by atoms with Gasteiger partial charge in [-0.15, -0.1) is 11.6 Å². The topological polar surface area (TPSA) is 0 Å². The van der Waals surface area contributed by atoms with Gasteiger partial charge in [0.1, 0.15) is 0 Å². The van der Waals surface area contributed by atoms with E-state index < -0.39 is 0 Å². The largest absolute Gasteiger partial charge is 0.117 e. The van der Waals surface area contributed by atoms with E-state index in [1.807, 2.05) is 0 Å². The fourth-order valence-electron chi connectivity index (χ4n) is 3.51. The molecule has 0 fully saturated rings. The van der Waals surface area contributed by atoms with Gasteiger partial charge in [0.25, 0.3) is 0 Å². The summed E-state index contributed by atoms with van der Waals surface area (Å²) in [5.74, 6) is 0. The van der Waals surface area contributed by atoms with Crippen LogP contribution in [0.2, 0.25) is 0 Å². The minimum atomic E-state index is 0.0893. The lowest BCUT2D eigenvalue weighted by molar-refractivity contribution is 0.0870. The molecule has 0 radical (unpaired) electrons. The average Bonchev–Trinajstić information content (AvgIpc) is 2.29. The number of alkyl halides is 3. The molecule has 3 heteroatoms. The van der Waals surface area contributed by atoms with E-state index in [2.05, 4.69) is 71.7 Å². The van der Waals surface area contributed by atoms with Crippen LogP contribution in [-0.4, -0.2) is 15.0 Å². The van der Waals surface area contributed by atoms with Gasteiger partial charge in [-0.2, -0.15) is 0 Å². The Bertz CT molecular complexity index is 411. The van der Waals surface area contributed by atoms with Crippen LogP contribution >= 0.6 is 43.5 Å². The van der Waals surface area contributed by atoms with Gasteiger partial charge in [0.2, 0.25) is 0 Å². The van der Waals surface area contributed by atoms with E-state index in [1.165, 1.54) is 11.1 Å². The molecular weight excluding hydrogens is 375 g/mol. The van der Waals surface area contributed by atoms with Crippen molar-refractivity contribution in [2.75, 3.05) is 0 Å². The van der Waals surface area contributed by atoms with Gasteiger partial charge in [0.15, 0.2) is 0 Å². The van der Waals surface area contributed by atoms with Crippen molar-refractivity contribution in [2.24, 2.45) is 10.8 Å². The lowest BCUT2D eigenvalue weighted by atomic mass is 9.52. The fourth-order valence-corrected chi connectivity index (χ4v) is 5.35. The van der Waals surface area contributed by atoms with Gasteiger partial charge in [0, 0.05) is 15.1 Å². The second-order valence-corrected chi connectivity index (χ2v) is 8.92. The van der Waals surface area contributed by atoms with Crippen molar-refractivity contribution < 1.29 is 0 Å². The summed E-state index contributed by atoms with van der Waals surface area (Å²) in [4.78, 5) is 0.808. The summed E-state index contributed by atoms with van der Waals surface area (Å²) >= 11 is 14.1. The Morgan fingerprint density at radius 2 is 1.89 bits per heavy atom. The summed E-state index contributed by atoms with van der Waals surface area (Å²) in [7, 11) is 0. The van der Waals surface area contributed by atoms with E-state index in [4.69, 9.17) is 11.6 Å². The quantitative estimate of drug-likeness (QED) is 0.357. The lowest BCUT2D eigenvalue weighted by Gasteiger charge is -2.56. The number of allylic oxidation sites excluding steroid dienone is 4. The second kappa shape index (κ2) is 4.93. The average molecular weight is 397 g/mol. The molecule has 0 nitrogen and oxygen atoms in total. The van der Waals surface area contributed by atoms with Gasteiger partial charge in [-0.3, -0.25) is 0 Å². The third kappa shape index (κ3) is 2.07. The molecule has 0 saturated heterocycles. The van der Waals surface area contributed by atoms with Crippen LogP contribution in [0.15, 0.2) is 23.3 Å². The van der Waals surface area contributed by atoms with Gasteiger partial charge in [-0.05, 0) is 32.1 Å². The molecule has 3 unspecified atom stereocenters. The van der Waals surface area contributed by atoms with E-state index >= 15 is 0 Å². The first kappa shape index (κ1) is 15.1. The molecule has 0 amide bonds. The molecule has 0 aliphatic heterocycles. The van der Waals surface area contributed by atoms with Crippen molar-refractivity contribution in [2.45, 2.75) is 55.6 Å². The Kier molecular flexibility index (Phi) is 4.14. The standard InChI is InChI=1S/C15H21Br2Cl/c1-9-5-6-15(8-11(9)16)10(2)7-12(18)13(17)14(15,3)4/h5,7,11-13H,6,8H2,1-4H3/t11?,12?,13?,15-/m1/s1. The monoisotopic (exact) mass is 394 g/mol. The molecule has 0 aromatic carbocycles. The highest BCUT2D eigenvalue weighted by Gasteiger charge is 2.54. The zero-order valence-corrected chi connectivity index (χ0v) is 15.4. The predicted molar refractivity (Wildman–Crippen MR) is 88.0 cm³/mol. The maximum atomic E-state index is 6.46. The van der Waals surface area contributed by atoms with Crippen molar-refractivity contribution in [3.63, 3.8) is 0 Å². The van der Waals surface area contributed by atoms with Gasteiger partial charge < -0.3 is 0 Å². The normalized spacial score (nSPS) is 43.6. The number of hydrogen-bond acceptors (Lipinski definition) is 0. The summed E-state index contributed by atoms with van der Waals surface area (Å²) in [6, 6.07) is 0. The molecule has 0 aromatic rings. The Hall–Kier alpha value is 0.730. The fraction of sp³-hybridized carbons (Fsp3) is 0.733. The lowest BCUT2D eigenvalue weighted by Crippen LogP contribution is -2.52. The maximum Gasteiger partial charge on any atom is 0.0649 e. The summed E-state index contributed by atoms with van der Waals surface area (Å²) in [6.07, 6.45) is 6.94. The molecule has 0 heterocycles. The summed E-state index contributed by atoms with van der Waals surface area (Å²) in [6.45, 7) is 9.18. The maximum absolute atomic E-state index is 6.46. The highest BCUT2D eigenvalue weighted by atomic mass is 79.9. The van der Waals surface area contributed by atoms with Crippen LogP contribution in [0.5, 0.6) is 0 Å². The number of hydrogen-bond donors (Lipinski definition) is 0. The molecule has 18 heavy (non-hydrogen) atoms. The molecule has 1 spiro atoms. The van der Waals surface area contributed by atoms with E-state index in [0.717, 1.165) is 12.8 Å². The Morgan fingerprint density at radius 1 is 1.28 bits per heavy atom. The minimum Gasteiger partial charge on any atom is -0.117 e. The Balaban J connectivity index is 2.51. The van der Waals surface area contributed by atoms with Crippen LogP contribution in [-0.2, 0) is 0 Å². The molecule has 4 atom stereocenters. The van der Waals surface area contributed by atoms with Crippen LogP contribution in [0.25, 0.3) is 0 Å². The minimum absolute atomic E-state index is 0.0893. The van der Waals surface area contributed by atoms with E-state index in [1.54, 1.807) is 0 Å². The number of rotatable bonds is 0. The van der Waals surface area contributed by atoms with Gasteiger partial charge >= 0.3 is 0 Å². The molecule has 0 aromatic heterocycles. The van der Waals surface area contributed by atoms with Gasteiger partial charge in [-0.25, -0.2) is 0 Å². The van der Waals surface area contributed by atoms with Crippen molar-refractivity contribution in [1.82, 2.24) is 0 Å². The molecule has 102 valence electrons. The van der Waals surface area contributed by atoms with Crippen LogP contribution in [0.3, 0.4) is 0 Å². The Labute approximate surface area is 132 Å². The first-order valence-corrected chi connectivity index (χ1v) is 8.77. The summed E-state index contributed by atoms with van der Waals surface area (Å²) < 4.78 is 0. The molecule has 0 N–H and O–H groups in total. The smallest absolute Gasteiger partial charge is 0.0649 e. The van der Waals surface area contributed by atoms with Gasteiger partial charge in [0.05, 0.1) is 5.38 Å². The van der Waals surface area contributed by atoms with Crippen LogP contribution in [0.1, 0.15) is 40.5 Å². The van der Waals surface area contributed by atoms with Crippen molar-refractivity contribution in [3.05, 3.63) is 23.3 Å². The van der Waals surface area contributed by atoms with Crippen molar-refractivity contribution in [3.8, 4) is 0 Å². The zero-order chi connectivity index (χ0) is 13.7. The second-order valence-electron chi connectivity index (χ2n) is 6.32. The zero-order valence-electron chi connectivity index (χ0n) is 11.4. The summed E-state index contributed by atoms with van der Waals surface area (Å²) in [5.41, 5.74) is 3.29.